The maximum atomic E-state index is 11.8. The number of benzene rings is 1. The molecular formula is C16H24N2O5. The second-order valence-electron chi connectivity index (χ2n) is 5.57. The number of aliphatic carboxylic acids is 1. The van der Waals surface area contributed by atoms with Gasteiger partial charge in [-0.2, -0.15) is 0 Å². The second-order valence-corrected chi connectivity index (χ2v) is 5.57. The molecule has 1 aromatic carbocycles. The van der Waals surface area contributed by atoms with Crippen molar-refractivity contribution in [3.63, 3.8) is 0 Å². The zero-order valence-electron chi connectivity index (χ0n) is 13.7. The molecule has 0 saturated carbocycles. The molecular weight excluding hydrogens is 300 g/mol. The molecule has 1 aromatic rings. The van der Waals surface area contributed by atoms with Gasteiger partial charge in [0.1, 0.15) is 5.75 Å². The van der Waals surface area contributed by atoms with Gasteiger partial charge < -0.3 is 25.6 Å². The normalized spacial score (nSPS) is 13.0. The number of unbranched alkanes of at least 4 members (excludes halogenated alkanes) is 1. The molecule has 7 nitrogen and oxygen atoms in total. The van der Waals surface area contributed by atoms with E-state index in [0.717, 1.165) is 31.1 Å². The van der Waals surface area contributed by atoms with Gasteiger partial charge in [0.2, 0.25) is 0 Å². The van der Waals surface area contributed by atoms with Gasteiger partial charge in [0.15, 0.2) is 5.60 Å². The van der Waals surface area contributed by atoms with Crippen molar-refractivity contribution >= 4 is 17.7 Å². The van der Waals surface area contributed by atoms with Gasteiger partial charge in [-0.15, -0.1) is 0 Å². The average molecular weight is 324 g/mol. The number of aryl methyl sites for hydroxylation is 1. The summed E-state index contributed by atoms with van der Waals surface area (Å²) in [6, 6.07) is 4.70. The molecule has 0 spiro atoms. The van der Waals surface area contributed by atoms with Gasteiger partial charge in [-0.25, -0.2) is 9.59 Å². The van der Waals surface area contributed by atoms with Gasteiger partial charge in [0.25, 0.3) is 0 Å². The fraction of sp³-hybridized carbons (Fsp3) is 0.500. The Morgan fingerprint density at radius 1 is 1.35 bits per heavy atom. The van der Waals surface area contributed by atoms with E-state index in [0.29, 0.717) is 12.3 Å². The Bertz CT molecular complexity index is 557. The van der Waals surface area contributed by atoms with Crippen molar-refractivity contribution in [3.8, 4) is 5.75 Å². The number of urea groups is 1. The van der Waals surface area contributed by atoms with E-state index in [4.69, 9.17) is 9.84 Å². The molecule has 0 aromatic heterocycles. The van der Waals surface area contributed by atoms with E-state index in [1.165, 1.54) is 0 Å². The number of hydrogen-bond acceptors (Lipinski definition) is 4. The predicted octanol–water partition coefficient (Wildman–Crippen LogP) is 2.13. The number of carboxylic acid groups (broad SMARTS) is 1. The summed E-state index contributed by atoms with van der Waals surface area (Å²) < 4.78 is 5.58. The lowest BCUT2D eigenvalue weighted by Crippen LogP contribution is -2.47. The highest BCUT2D eigenvalue weighted by molar-refractivity contribution is 5.90. The highest BCUT2D eigenvalue weighted by atomic mass is 16.5. The van der Waals surface area contributed by atoms with Crippen LogP contribution in [0.5, 0.6) is 5.75 Å². The third-order valence-corrected chi connectivity index (χ3v) is 3.27. The Hall–Kier alpha value is -2.28. The van der Waals surface area contributed by atoms with Gasteiger partial charge in [-0.3, -0.25) is 0 Å². The van der Waals surface area contributed by atoms with Crippen molar-refractivity contribution < 1.29 is 24.5 Å². The van der Waals surface area contributed by atoms with Crippen LogP contribution in [0.25, 0.3) is 0 Å². The van der Waals surface area contributed by atoms with E-state index in [9.17, 15) is 14.7 Å². The summed E-state index contributed by atoms with van der Waals surface area (Å²) in [4.78, 5) is 22.5. The molecule has 2 amide bonds. The Balaban J connectivity index is 2.56. The molecule has 0 aliphatic rings. The van der Waals surface area contributed by atoms with Crippen LogP contribution in [0, 0.1) is 6.92 Å². The molecule has 23 heavy (non-hydrogen) atoms. The number of nitrogens with one attached hydrogen (secondary N) is 2. The molecule has 0 radical (unpaired) electrons. The summed E-state index contributed by atoms with van der Waals surface area (Å²) in [5.41, 5.74) is -0.608. The third kappa shape index (κ3) is 6.15. The largest absolute Gasteiger partial charge is 0.494 e. The zero-order valence-corrected chi connectivity index (χ0v) is 13.7. The van der Waals surface area contributed by atoms with E-state index in [1.807, 2.05) is 13.0 Å². The Morgan fingerprint density at radius 3 is 2.61 bits per heavy atom. The fourth-order valence-electron chi connectivity index (χ4n) is 1.70. The molecule has 4 N–H and O–H groups in total. The molecule has 0 saturated heterocycles. The third-order valence-electron chi connectivity index (χ3n) is 3.27. The summed E-state index contributed by atoms with van der Waals surface area (Å²) in [6.45, 7) is 5.28. The molecule has 1 atom stereocenters. The quantitative estimate of drug-likeness (QED) is 0.548. The summed E-state index contributed by atoms with van der Waals surface area (Å²) in [6.07, 6.45) is 2.03. The molecule has 0 bridgehead atoms. The van der Waals surface area contributed by atoms with Crippen molar-refractivity contribution in [1.82, 2.24) is 5.32 Å². The minimum atomic E-state index is -2.01. The predicted molar refractivity (Wildman–Crippen MR) is 86.9 cm³/mol. The second kappa shape index (κ2) is 8.38. The summed E-state index contributed by atoms with van der Waals surface area (Å²) >= 11 is 0. The topological polar surface area (TPSA) is 108 Å². The number of anilines is 1. The van der Waals surface area contributed by atoms with E-state index >= 15 is 0 Å². The highest BCUT2D eigenvalue weighted by Gasteiger charge is 2.30. The lowest BCUT2D eigenvalue weighted by atomic mass is 10.1. The van der Waals surface area contributed by atoms with Gasteiger partial charge in [-0.05, 0) is 44.0 Å². The van der Waals surface area contributed by atoms with Gasteiger partial charge in [-0.1, -0.05) is 13.3 Å². The van der Waals surface area contributed by atoms with Crippen LogP contribution in [-0.2, 0) is 4.79 Å². The van der Waals surface area contributed by atoms with Crippen molar-refractivity contribution in [2.75, 3.05) is 18.5 Å². The van der Waals surface area contributed by atoms with Crippen molar-refractivity contribution in [3.05, 3.63) is 23.8 Å². The number of hydrogen-bond donors (Lipinski definition) is 4. The number of carbonyl (C=O) groups is 2. The summed E-state index contributed by atoms with van der Waals surface area (Å²) in [7, 11) is 0. The average Bonchev–Trinajstić information content (AvgIpc) is 2.48. The van der Waals surface area contributed by atoms with Crippen LogP contribution in [0.4, 0.5) is 10.5 Å². The number of carbonyl (C=O) groups excluding carboxylic acids is 1. The summed E-state index contributed by atoms with van der Waals surface area (Å²) in [5, 5.41) is 23.2. The highest BCUT2D eigenvalue weighted by Crippen LogP contribution is 2.21. The number of ether oxygens (including phenoxy) is 1. The molecule has 7 heteroatoms. The molecule has 1 rings (SSSR count). The number of amides is 2. The Kier molecular flexibility index (Phi) is 6.84. The Labute approximate surface area is 135 Å². The summed E-state index contributed by atoms with van der Waals surface area (Å²) in [5.74, 6) is -0.668. The van der Waals surface area contributed by atoms with Crippen LogP contribution in [-0.4, -0.2) is 41.0 Å². The maximum Gasteiger partial charge on any atom is 0.337 e. The zero-order chi connectivity index (χ0) is 17.5. The van der Waals surface area contributed by atoms with Gasteiger partial charge in [0.05, 0.1) is 13.2 Å². The SMILES string of the molecule is CCCCOc1ccc(NC(=O)NCC(C)(O)C(=O)O)c(C)c1. The van der Waals surface area contributed by atoms with E-state index in [2.05, 4.69) is 17.6 Å². The van der Waals surface area contributed by atoms with E-state index in [-0.39, 0.29) is 0 Å². The van der Waals surface area contributed by atoms with Crippen molar-refractivity contribution in [2.45, 2.75) is 39.2 Å². The van der Waals surface area contributed by atoms with Crippen molar-refractivity contribution in [2.24, 2.45) is 0 Å². The Morgan fingerprint density at radius 2 is 2.04 bits per heavy atom. The van der Waals surface area contributed by atoms with Crippen LogP contribution < -0.4 is 15.4 Å². The molecule has 0 fully saturated rings. The van der Waals surface area contributed by atoms with Crippen LogP contribution in [0.3, 0.4) is 0 Å². The molecule has 128 valence electrons. The van der Waals surface area contributed by atoms with Crippen LogP contribution >= 0.6 is 0 Å². The first-order valence-electron chi connectivity index (χ1n) is 7.50. The maximum absolute atomic E-state index is 11.8. The molecule has 0 aliphatic heterocycles. The monoisotopic (exact) mass is 324 g/mol. The lowest BCUT2D eigenvalue weighted by Gasteiger charge is -2.19. The van der Waals surface area contributed by atoms with Gasteiger partial charge in [0, 0.05) is 5.69 Å². The number of rotatable bonds is 8. The molecule has 0 aliphatic carbocycles. The van der Waals surface area contributed by atoms with E-state index < -0.39 is 24.1 Å². The first kappa shape index (κ1) is 18.8. The molecule has 0 heterocycles. The minimum Gasteiger partial charge on any atom is -0.494 e. The molecule has 1 unspecified atom stereocenters. The van der Waals surface area contributed by atoms with Crippen LogP contribution in [0.1, 0.15) is 32.3 Å². The lowest BCUT2D eigenvalue weighted by molar-refractivity contribution is -0.155. The first-order valence-corrected chi connectivity index (χ1v) is 7.50. The van der Waals surface area contributed by atoms with Gasteiger partial charge >= 0.3 is 12.0 Å². The number of aliphatic hydroxyl groups is 1. The van der Waals surface area contributed by atoms with Crippen molar-refractivity contribution in [1.29, 1.82) is 0 Å². The first-order chi connectivity index (χ1) is 10.8. The smallest absolute Gasteiger partial charge is 0.337 e. The number of carboxylic acids is 1. The van der Waals surface area contributed by atoms with Crippen LogP contribution in [0.2, 0.25) is 0 Å². The minimum absolute atomic E-state index is 0.397. The van der Waals surface area contributed by atoms with Crippen LogP contribution in [0.15, 0.2) is 18.2 Å². The van der Waals surface area contributed by atoms with E-state index in [1.54, 1.807) is 12.1 Å². The standard InChI is InChI=1S/C16H24N2O5/c1-4-5-8-23-12-6-7-13(11(2)9-12)18-15(21)17-10-16(3,22)14(19)20/h6-7,9,22H,4-5,8,10H2,1-3H3,(H,19,20)(H2,17,18,21). The fourth-order valence-corrected chi connectivity index (χ4v) is 1.70.